The normalized spacial score (nSPS) is 23.4. The van der Waals surface area contributed by atoms with Crippen molar-refractivity contribution in [3.05, 3.63) is 34.1 Å². The van der Waals surface area contributed by atoms with Crippen LogP contribution < -0.4 is 20.7 Å². The van der Waals surface area contributed by atoms with Gasteiger partial charge >= 0.3 is 12.2 Å². The van der Waals surface area contributed by atoms with Crippen molar-refractivity contribution in [3.63, 3.8) is 0 Å². The molecule has 6 rings (SSSR count). The Bertz CT molecular complexity index is 1460. The molecule has 0 aliphatic carbocycles. The summed E-state index contributed by atoms with van der Waals surface area (Å²) in [5.74, 6) is -0.730. The summed E-state index contributed by atoms with van der Waals surface area (Å²) in [5.41, 5.74) is 3.19. The van der Waals surface area contributed by atoms with E-state index in [1.165, 1.54) is 13.0 Å². The summed E-state index contributed by atoms with van der Waals surface area (Å²) in [7, 11) is 2.02. The highest BCUT2D eigenvalue weighted by Gasteiger charge is 2.40. The highest BCUT2D eigenvalue weighted by molar-refractivity contribution is 6.34. The van der Waals surface area contributed by atoms with Crippen molar-refractivity contribution >= 4 is 34.1 Å². The Labute approximate surface area is 240 Å². The smallest absolute Gasteiger partial charge is 0.418 e. The van der Waals surface area contributed by atoms with Gasteiger partial charge < -0.3 is 25.6 Å². The van der Waals surface area contributed by atoms with Crippen molar-refractivity contribution in [1.29, 1.82) is 0 Å². The fourth-order valence-corrected chi connectivity index (χ4v) is 6.85. The second kappa shape index (κ2) is 10.7. The van der Waals surface area contributed by atoms with Gasteiger partial charge in [0.1, 0.15) is 23.8 Å². The summed E-state index contributed by atoms with van der Waals surface area (Å²) in [4.78, 5) is 17.5. The first kappa shape index (κ1) is 28.2. The van der Waals surface area contributed by atoms with Crippen LogP contribution in [0.15, 0.2) is 12.1 Å². The van der Waals surface area contributed by atoms with Gasteiger partial charge in [0.15, 0.2) is 5.82 Å². The summed E-state index contributed by atoms with van der Waals surface area (Å²) in [6.45, 7) is 3.99. The Kier molecular flexibility index (Phi) is 7.36. The number of pyridine rings is 1. The number of fused-ring (bicyclic) bond motifs is 3. The van der Waals surface area contributed by atoms with Gasteiger partial charge in [0, 0.05) is 36.6 Å². The van der Waals surface area contributed by atoms with Gasteiger partial charge in [-0.1, -0.05) is 11.6 Å². The van der Waals surface area contributed by atoms with Crippen LogP contribution in [0.3, 0.4) is 0 Å². The zero-order valence-corrected chi connectivity index (χ0v) is 23.6. The number of anilines is 2. The monoisotopic (exact) mass is 593 g/mol. The lowest BCUT2D eigenvalue weighted by Crippen LogP contribution is -2.60. The minimum Gasteiger partial charge on any atom is -0.462 e. The van der Waals surface area contributed by atoms with E-state index in [2.05, 4.69) is 25.1 Å². The number of aromatic nitrogens is 3. The quantitative estimate of drug-likeness (QED) is 0.390. The molecule has 1 aromatic carbocycles. The second-order valence-corrected chi connectivity index (χ2v) is 11.7. The van der Waals surface area contributed by atoms with E-state index in [1.807, 2.05) is 7.05 Å². The summed E-state index contributed by atoms with van der Waals surface area (Å²) < 4.78 is 65.1. The van der Waals surface area contributed by atoms with Crippen molar-refractivity contribution in [2.75, 3.05) is 43.9 Å². The molecule has 5 heterocycles. The van der Waals surface area contributed by atoms with Gasteiger partial charge in [-0.25, -0.2) is 9.37 Å². The molecule has 3 N–H and O–H groups in total. The molecular formula is C28H32ClF4N7O. The molecule has 3 saturated heterocycles. The number of benzene rings is 1. The highest BCUT2D eigenvalue weighted by Crippen LogP contribution is 2.45. The number of nitrogens with one attached hydrogen (secondary N) is 1. The molecular weight excluding hydrogens is 562 g/mol. The van der Waals surface area contributed by atoms with Crippen LogP contribution in [-0.4, -0.2) is 71.3 Å². The predicted octanol–water partition coefficient (Wildman–Crippen LogP) is 5.20. The first-order valence-corrected chi connectivity index (χ1v) is 14.3. The van der Waals surface area contributed by atoms with E-state index in [4.69, 9.17) is 27.1 Å². The molecule has 0 spiro atoms. The van der Waals surface area contributed by atoms with Crippen molar-refractivity contribution in [1.82, 2.24) is 25.2 Å². The molecule has 3 aromatic rings. The number of halogens is 5. The van der Waals surface area contributed by atoms with E-state index < -0.39 is 28.8 Å². The number of nitrogen functional groups attached to an aromatic ring is 1. The number of nitrogens with two attached hydrogens (primary N) is 1. The summed E-state index contributed by atoms with van der Waals surface area (Å²) in [5, 5.41) is 3.53. The van der Waals surface area contributed by atoms with E-state index in [1.54, 1.807) is 0 Å². The number of alkyl halides is 3. The first-order chi connectivity index (χ1) is 19.5. The molecule has 2 aromatic heterocycles. The van der Waals surface area contributed by atoms with E-state index in [0.29, 0.717) is 17.8 Å². The number of piperazine rings is 1. The largest absolute Gasteiger partial charge is 0.462 e. The third kappa shape index (κ3) is 5.14. The standard InChI is InChI=1S/C28H32ClF4N7O/c1-14-9-20(34)36-25(22(14)28(31,32)33)21-19(29)10-18-24(23(21)30)37-27(41-13-17-7-4-8-39(17)2)38-26(18)40-15-5-3-6-16(40)12-35-11-15/h9-10,15-17,35H,3-8,11-13H2,1-2H3,(H2,34,36)/t15-,16-,17-/m0/s1. The number of hydrogen-bond donors (Lipinski definition) is 2. The Morgan fingerprint density at radius 3 is 2.49 bits per heavy atom. The number of likely N-dealkylation sites (tertiary alicyclic amines) is 1. The van der Waals surface area contributed by atoms with Crippen molar-refractivity contribution in [2.45, 2.75) is 63.3 Å². The van der Waals surface area contributed by atoms with E-state index in [9.17, 15) is 13.2 Å². The van der Waals surface area contributed by atoms with Crippen LogP contribution in [0.25, 0.3) is 22.2 Å². The number of nitrogens with zero attached hydrogens (tertiary/aromatic N) is 5. The number of aryl methyl sites for hydroxylation is 1. The maximum atomic E-state index is 16.6. The molecule has 3 aliphatic heterocycles. The lowest BCUT2D eigenvalue weighted by atomic mass is 9.91. The van der Waals surface area contributed by atoms with Crippen LogP contribution >= 0.6 is 11.6 Å². The average Bonchev–Trinajstić information content (AvgIpc) is 3.30. The molecule has 0 radical (unpaired) electrons. The van der Waals surface area contributed by atoms with E-state index in [-0.39, 0.29) is 46.1 Å². The molecule has 8 nitrogen and oxygen atoms in total. The summed E-state index contributed by atoms with van der Waals surface area (Å²) in [6, 6.07) is 2.92. The predicted molar refractivity (Wildman–Crippen MR) is 150 cm³/mol. The van der Waals surface area contributed by atoms with Gasteiger partial charge in [-0.15, -0.1) is 0 Å². The Balaban J connectivity index is 1.55. The number of piperidine rings is 1. The lowest BCUT2D eigenvalue weighted by Gasteiger charge is -2.47. The lowest BCUT2D eigenvalue weighted by molar-refractivity contribution is -0.137. The minimum absolute atomic E-state index is 0.0238. The fourth-order valence-electron chi connectivity index (χ4n) is 6.56. The molecule has 0 saturated carbocycles. The van der Waals surface area contributed by atoms with Crippen molar-refractivity contribution < 1.29 is 22.3 Å². The number of rotatable bonds is 5. The van der Waals surface area contributed by atoms with Gasteiger partial charge in [0.05, 0.1) is 21.8 Å². The molecule has 0 amide bonds. The minimum atomic E-state index is -4.82. The Morgan fingerprint density at radius 2 is 1.83 bits per heavy atom. The van der Waals surface area contributed by atoms with E-state index in [0.717, 1.165) is 57.8 Å². The number of likely N-dealkylation sites (N-methyl/N-ethyl adjacent to an activating group) is 1. The Hall–Kier alpha value is -2.96. The summed E-state index contributed by atoms with van der Waals surface area (Å²) in [6.07, 6.45) is 0.0910. The molecule has 2 bridgehead atoms. The van der Waals surface area contributed by atoms with Gasteiger partial charge in [0.2, 0.25) is 0 Å². The molecule has 13 heteroatoms. The molecule has 41 heavy (non-hydrogen) atoms. The van der Waals surface area contributed by atoms with Crippen LogP contribution in [-0.2, 0) is 6.18 Å². The topological polar surface area (TPSA) is 92.4 Å². The molecule has 3 atom stereocenters. The van der Waals surface area contributed by atoms with Crippen LogP contribution in [0, 0.1) is 12.7 Å². The van der Waals surface area contributed by atoms with Crippen LogP contribution in [0.5, 0.6) is 6.01 Å². The van der Waals surface area contributed by atoms with Crippen LogP contribution in [0.2, 0.25) is 5.02 Å². The maximum Gasteiger partial charge on any atom is 0.418 e. The zero-order valence-electron chi connectivity index (χ0n) is 22.9. The van der Waals surface area contributed by atoms with Crippen LogP contribution in [0.4, 0.5) is 29.2 Å². The SMILES string of the molecule is Cc1cc(N)nc(-c2c(Cl)cc3c(N4[C@H]5CCC[C@H]4CNC5)nc(OC[C@@H]4CCCN4C)nc3c2F)c1C(F)(F)F. The third-order valence-corrected chi connectivity index (χ3v) is 8.84. The van der Waals surface area contributed by atoms with Gasteiger partial charge in [-0.2, -0.15) is 23.1 Å². The maximum absolute atomic E-state index is 16.6. The second-order valence-electron chi connectivity index (χ2n) is 11.3. The first-order valence-electron chi connectivity index (χ1n) is 13.9. The molecule has 3 aliphatic rings. The van der Waals surface area contributed by atoms with Crippen LogP contribution in [0.1, 0.15) is 43.2 Å². The highest BCUT2D eigenvalue weighted by atomic mass is 35.5. The summed E-state index contributed by atoms with van der Waals surface area (Å²) >= 11 is 6.59. The van der Waals surface area contributed by atoms with Crippen molar-refractivity contribution in [3.8, 4) is 17.3 Å². The fraction of sp³-hybridized carbons (Fsp3) is 0.536. The van der Waals surface area contributed by atoms with Gasteiger partial charge in [0.25, 0.3) is 0 Å². The van der Waals surface area contributed by atoms with Gasteiger partial charge in [-0.3, -0.25) is 0 Å². The number of hydrogen-bond acceptors (Lipinski definition) is 8. The number of ether oxygens (including phenoxy) is 1. The molecule has 3 fully saturated rings. The van der Waals surface area contributed by atoms with Gasteiger partial charge in [-0.05, 0) is 70.3 Å². The third-order valence-electron chi connectivity index (χ3n) is 8.54. The zero-order chi connectivity index (χ0) is 29.1. The average molecular weight is 594 g/mol. The Morgan fingerprint density at radius 1 is 1.10 bits per heavy atom. The van der Waals surface area contributed by atoms with E-state index >= 15 is 4.39 Å². The molecule has 220 valence electrons. The molecule has 0 unspecified atom stereocenters. The van der Waals surface area contributed by atoms with Crippen molar-refractivity contribution in [2.24, 2.45) is 0 Å².